The first-order valence-electron chi connectivity index (χ1n) is 13.2. The minimum atomic E-state index is -0.823. The first-order valence-corrected chi connectivity index (χ1v) is 13.2. The summed E-state index contributed by atoms with van der Waals surface area (Å²) >= 11 is 0. The lowest BCUT2D eigenvalue weighted by molar-refractivity contribution is -0.276. The third-order valence-corrected chi connectivity index (χ3v) is 11.3. The molecule has 3 heteroatoms. The van der Waals surface area contributed by atoms with Crippen LogP contribution < -0.4 is 0 Å². The van der Waals surface area contributed by atoms with E-state index in [9.17, 15) is 15.3 Å². The van der Waals surface area contributed by atoms with Gasteiger partial charge in [0.15, 0.2) is 0 Å². The van der Waals surface area contributed by atoms with Gasteiger partial charge in [0.05, 0.1) is 17.3 Å². The van der Waals surface area contributed by atoms with Crippen LogP contribution >= 0.6 is 0 Å². The van der Waals surface area contributed by atoms with Gasteiger partial charge < -0.3 is 15.3 Å². The summed E-state index contributed by atoms with van der Waals surface area (Å²) in [6.07, 6.45) is 12.4. The monoisotopic (exact) mass is 432 g/mol. The molecule has 4 rings (SSSR count). The van der Waals surface area contributed by atoms with Crippen molar-refractivity contribution in [3.05, 3.63) is 12.2 Å². The van der Waals surface area contributed by atoms with Gasteiger partial charge in [-0.2, -0.15) is 0 Å². The minimum Gasteiger partial charge on any atom is -0.393 e. The third-order valence-electron chi connectivity index (χ3n) is 11.3. The maximum Gasteiger partial charge on any atom is 0.0730 e. The van der Waals surface area contributed by atoms with Crippen LogP contribution in [-0.2, 0) is 0 Å². The molecular weight excluding hydrogens is 384 g/mol. The van der Waals surface area contributed by atoms with Crippen molar-refractivity contribution in [1.82, 2.24) is 0 Å². The highest BCUT2D eigenvalue weighted by atomic mass is 16.3. The molecule has 0 aliphatic heterocycles. The van der Waals surface area contributed by atoms with Crippen LogP contribution in [0.4, 0.5) is 0 Å². The van der Waals surface area contributed by atoms with Gasteiger partial charge in [-0.05, 0) is 92.3 Å². The normalized spacial score (nSPS) is 51.9. The summed E-state index contributed by atoms with van der Waals surface area (Å²) in [6.45, 7) is 14.0. The second kappa shape index (κ2) is 7.84. The molecular formula is C28H48O3. The topological polar surface area (TPSA) is 60.7 Å². The van der Waals surface area contributed by atoms with Gasteiger partial charge in [-0.3, -0.25) is 0 Å². The smallest absolute Gasteiger partial charge is 0.0730 e. The molecule has 10 atom stereocenters. The summed E-state index contributed by atoms with van der Waals surface area (Å²) in [6, 6.07) is 0. The Balaban J connectivity index is 1.58. The van der Waals surface area contributed by atoms with Crippen LogP contribution in [0.25, 0.3) is 0 Å². The van der Waals surface area contributed by atoms with Gasteiger partial charge in [0.1, 0.15) is 0 Å². The van der Waals surface area contributed by atoms with E-state index in [1.807, 2.05) is 0 Å². The van der Waals surface area contributed by atoms with Crippen LogP contribution in [0.1, 0.15) is 99.3 Å². The van der Waals surface area contributed by atoms with Crippen molar-refractivity contribution in [3.63, 3.8) is 0 Å². The largest absolute Gasteiger partial charge is 0.393 e. The molecule has 0 unspecified atom stereocenters. The zero-order chi connectivity index (χ0) is 22.8. The molecule has 0 amide bonds. The average Bonchev–Trinajstić information content (AvgIpc) is 3.05. The van der Waals surface area contributed by atoms with Crippen molar-refractivity contribution in [2.75, 3.05) is 0 Å². The predicted molar refractivity (Wildman–Crippen MR) is 126 cm³/mol. The second-order valence-electron chi connectivity index (χ2n) is 13.0. The minimum absolute atomic E-state index is 0.148. The van der Waals surface area contributed by atoms with E-state index < -0.39 is 17.3 Å². The number of aliphatic hydroxyl groups excluding tert-OH is 1. The quantitative estimate of drug-likeness (QED) is 0.498. The van der Waals surface area contributed by atoms with Crippen molar-refractivity contribution >= 4 is 0 Å². The zero-order valence-electron chi connectivity index (χ0n) is 20.9. The molecule has 0 radical (unpaired) electrons. The van der Waals surface area contributed by atoms with E-state index in [2.05, 4.69) is 53.7 Å². The fraction of sp³-hybridized carbons (Fsp3) is 0.929. The van der Waals surface area contributed by atoms with E-state index in [1.54, 1.807) is 0 Å². The SMILES string of the molecule is CC(C)[C@@H](C)/C=C/[C@@H](C)[C@H]1CC[C@@H]2[C@]1(C)CC[C@H]1[C@]2(O)CC[C@@]2(O)C[C@@H](O)CC[C@]12C. The van der Waals surface area contributed by atoms with Crippen molar-refractivity contribution < 1.29 is 15.3 Å². The van der Waals surface area contributed by atoms with Gasteiger partial charge in [0.25, 0.3) is 0 Å². The van der Waals surface area contributed by atoms with E-state index in [4.69, 9.17) is 0 Å². The van der Waals surface area contributed by atoms with Crippen LogP contribution in [0, 0.1) is 46.3 Å². The summed E-state index contributed by atoms with van der Waals surface area (Å²) in [5.74, 6) is 2.91. The maximum absolute atomic E-state index is 12.3. The highest BCUT2D eigenvalue weighted by Crippen LogP contribution is 2.70. The first kappa shape index (κ1) is 23.8. The van der Waals surface area contributed by atoms with Gasteiger partial charge in [0, 0.05) is 11.8 Å². The van der Waals surface area contributed by atoms with Crippen molar-refractivity contribution in [1.29, 1.82) is 0 Å². The number of fused-ring (bicyclic) bond motifs is 5. The summed E-state index contributed by atoms with van der Waals surface area (Å²) in [5.41, 5.74) is -1.59. The number of allylic oxidation sites excluding steroid dienone is 2. The summed E-state index contributed by atoms with van der Waals surface area (Å²) < 4.78 is 0. The Morgan fingerprint density at radius 2 is 1.52 bits per heavy atom. The van der Waals surface area contributed by atoms with Crippen molar-refractivity contribution in [2.45, 2.75) is 117 Å². The second-order valence-corrected chi connectivity index (χ2v) is 13.0. The molecule has 0 saturated heterocycles. The number of rotatable bonds is 4. The van der Waals surface area contributed by atoms with Crippen LogP contribution in [0.2, 0.25) is 0 Å². The molecule has 4 aliphatic carbocycles. The van der Waals surface area contributed by atoms with Crippen molar-refractivity contribution in [2.24, 2.45) is 46.3 Å². The molecule has 0 aromatic heterocycles. The van der Waals surface area contributed by atoms with Gasteiger partial charge in [-0.25, -0.2) is 0 Å². The molecule has 0 aromatic carbocycles. The summed E-state index contributed by atoms with van der Waals surface area (Å²) in [5, 5.41) is 34.2. The van der Waals surface area contributed by atoms with Crippen LogP contribution in [0.15, 0.2) is 12.2 Å². The molecule has 0 heterocycles. The van der Waals surface area contributed by atoms with E-state index in [0.717, 1.165) is 32.1 Å². The molecule has 178 valence electrons. The van der Waals surface area contributed by atoms with Gasteiger partial charge in [-0.1, -0.05) is 53.7 Å². The van der Waals surface area contributed by atoms with Gasteiger partial charge in [0.2, 0.25) is 0 Å². The number of hydrogen-bond acceptors (Lipinski definition) is 3. The van der Waals surface area contributed by atoms with Crippen LogP contribution in [-0.4, -0.2) is 32.6 Å². The average molecular weight is 433 g/mol. The number of aliphatic hydroxyl groups is 3. The molecule has 3 nitrogen and oxygen atoms in total. The zero-order valence-corrected chi connectivity index (χ0v) is 20.9. The lowest BCUT2D eigenvalue weighted by atomic mass is 9.41. The Hall–Kier alpha value is -0.380. The Morgan fingerprint density at radius 3 is 2.19 bits per heavy atom. The molecule has 0 bridgehead atoms. The predicted octanol–water partition coefficient (Wildman–Crippen LogP) is 5.72. The number of hydrogen-bond donors (Lipinski definition) is 3. The van der Waals surface area contributed by atoms with Gasteiger partial charge >= 0.3 is 0 Å². The summed E-state index contributed by atoms with van der Waals surface area (Å²) in [7, 11) is 0. The Bertz CT molecular complexity index is 702. The fourth-order valence-corrected chi connectivity index (χ4v) is 8.90. The highest BCUT2D eigenvalue weighted by molar-refractivity contribution is 5.20. The molecule has 0 aromatic rings. The standard InChI is InChI=1S/C28H48O3/c1-18(2)19(3)7-8-20(4)22-9-10-23-25(22,5)13-12-24-26(6)14-11-21(29)17-27(26,30)15-16-28(23,24)31/h7-8,18-24,29-31H,9-17H2,1-6H3/b8-7+/t19-,20+,21-,22+,23+,24+,25+,26+,27+,28-/m0/s1. The van der Waals surface area contributed by atoms with Crippen molar-refractivity contribution in [3.8, 4) is 0 Å². The Labute approximate surface area is 190 Å². The molecule has 4 aliphatic rings. The molecule has 3 N–H and O–H groups in total. The van der Waals surface area contributed by atoms with E-state index >= 15 is 0 Å². The fourth-order valence-electron chi connectivity index (χ4n) is 8.90. The molecule has 0 spiro atoms. The Kier molecular flexibility index (Phi) is 6.01. The molecule has 31 heavy (non-hydrogen) atoms. The van der Waals surface area contributed by atoms with Crippen LogP contribution in [0.5, 0.6) is 0 Å². The maximum atomic E-state index is 12.3. The third kappa shape index (κ3) is 3.48. The lowest BCUT2D eigenvalue weighted by Gasteiger charge is -2.67. The Morgan fingerprint density at radius 1 is 0.806 bits per heavy atom. The molecule has 4 fully saturated rings. The van der Waals surface area contributed by atoms with E-state index in [-0.39, 0.29) is 16.7 Å². The lowest BCUT2D eigenvalue weighted by Crippen LogP contribution is -2.69. The van der Waals surface area contributed by atoms with E-state index in [0.29, 0.717) is 48.9 Å². The molecule has 4 saturated carbocycles. The van der Waals surface area contributed by atoms with E-state index in [1.165, 1.54) is 6.42 Å². The van der Waals surface area contributed by atoms with Gasteiger partial charge in [-0.15, -0.1) is 0 Å². The first-order chi connectivity index (χ1) is 14.4. The van der Waals surface area contributed by atoms with Crippen LogP contribution in [0.3, 0.4) is 0 Å². The summed E-state index contributed by atoms with van der Waals surface area (Å²) in [4.78, 5) is 0. The highest BCUT2D eigenvalue weighted by Gasteiger charge is 2.70.